The van der Waals surface area contributed by atoms with Gasteiger partial charge in [0.2, 0.25) is 0 Å². The van der Waals surface area contributed by atoms with E-state index < -0.39 is 0 Å². The van der Waals surface area contributed by atoms with Crippen molar-refractivity contribution in [1.82, 2.24) is 0 Å². The van der Waals surface area contributed by atoms with E-state index in [1.807, 2.05) is 0 Å². The lowest BCUT2D eigenvalue weighted by Gasteiger charge is -2.29. The molecule has 0 fully saturated rings. The van der Waals surface area contributed by atoms with Crippen LogP contribution >= 0.6 is 0 Å². The third-order valence-corrected chi connectivity index (χ3v) is 3.84. The molecule has 1 aliphatic carbocycles. The Balaban J connectivity index is 2.18. The minimum absolute atomic E-state index is 0.218. The highest BCUT2D eigenvalue weighted by atomic mass is 14.3. The van der Waals surface area contributed by atoms with Crippen LogP contribution in [0.2, 0.25) is 0 Å². The van der Waals surface area contributed by atoms with E-state index in [1.54, 1.807) is 5.57 Å². The molecule has 18 heavy (non-hydrogen) atoms. The number of allylic oxidation sites excluding steroid dienone is 5. The van der Waals surface area contributed by atoms with E-state index in [4.69, 9.17) is 0 Å². The molecule has 0 saturated heterocycles. The van der Waals surface area contributed by atoms with Crippen LogP contribution in [0.4, 0.5) is 0 Å². The summed E-state index contributed by atoms with van der Waals surface area (Å²) in [7, 11) is 0. The molecule has 1 aromatic rings. The molecule has 0 N–H and O–H groups in total. The van der Waals surface area contributed by atoms with Gasteiger partial charge in [0.25, 0.3) is 0 Å². The highest BCUT2D eigenvalue weighted by molar-refractivity contribution is 5.51. The van der Waals surface area contributed by atoms with Gasteiger partial charge in [-0.25, -0.2) is 0 Å². The molecule has 2 rings (SSSR count). The van der Waals surface area contributed by atoms with Gasteiger partial charge in [0.1, 0.15) is 0 Å². The van der Waals surface area contributed by atoms with E-state index in [0.717, 1.165) is 12.8 Å². The zero-order chi connectivity index (χ0) is 12.8. The lowest BCUT2D eigenvalue weighted by Crippen LogP contribution is -2.16. The average Bonchev–Trinajstić information content (AvgIpc) is 2.46. The summed E-state index contributed by atoms with van der Waals surface area (Å²) in [5.41, 5.74) is 3.05. The zero-order valence-corrected chi connectivity index (χ0v) is 11.4. The third-order valence-electron chi connectivity index (χ3n) is 3.84. The smallest absolute Gasteiger partial charge is 0.0102 e. The van der Waals surface area contributed by atoms with Crippen LogP contribution in [-0.2, 0) is 0 Å². The predicted molar refractivity (Wildman–Crippen MR) is 80.3 cm³/mol. The molecule has 1 atom stereocenters. The van der Waals surface area contributed by atoms with Gasteiger partial charge in [-0.2, -0.15) is 0 Å². The molecule has 0 bridgehead atoms. The van der Waals surface area contributed by atoms with Gasteiger partial charge in [0, 0.05) is 5.41 Å². The Morgan fingerprint density at radius 2 is 1.94 bits per heavy atom. The molecule has 1 unspecified atom stereocenters. The van der Waals surface area contributed by atoms with Gasteiger partial charge < -0.3 is 0 Å². The van der Waals surface area contributed by atoms with Crippen LogP contribution in [0.1, 0.15) is 38.7 Å². The van der Waals surface area contributed by atoms with Crippen LogP contribution in [0.5, 0.6) is 0 Å². The van der Waals surface area contributed by atoms with E-state index in [2.05, 4.69) is 74.6 Å². The summed E-state index contributed by atoms with van der Waals surface area (Å²) in [6, 6.07) is 10.6. The Morgan fingerprint density at radius 1 is 1.17 bits per heavy atom. The molecule has 0 spiro atoms. The molecular formula is C18H22. The molecule has 0 heterocycles. The molecular weight excluding hydrogens is 216 g/mol. The van der Waals surface area contributed by atoms with Crippen molar-refractivity contribution in [2.24, 2.45) is 5.41 Å². The maximum atomic E-state index is 2.38. The second kappa shape index (κ2) is 5.86. The Labute approximate surface area is 111 Å². The van der Waals surface area contributed by atoms with Gasteiger partial charge in [0.15, 0.2) is 0 Å². The van der Waals surface area contributed by atoms with E-state index in [-0.39, 0.29) is 5.41 Å². The standard InChI is InChI=1S/C18H22/c1-3-16-11-8-13-18(4-2,15-16)14-12-17-9-6-5-7-10-17/h5-14H,3-4,15H2,1-2H3. The van der Waals surface area contributed by atoms with Gasteiger partial charge in [-0.15, -0.1) is 0 Å². The van der Waals surface area contributed by atoms with Crippen LogP contribution in [0.25, 0.3) is 6.08 Å². The van der Waals surface area contributed by atoms with Crippen molar-refractivity contribution in [3.63, 3.8) is 0 Å². The lowest BCUT2D eigenvalue weighted by atomic mass is 9.75. The molecule has 0 nitrogen and oxygen atoms in total. The Bertz CT molecular complexity index is 462. The largest absolute Gasteiger partial charge is 0.0742 e. The molecule has 0 aliphatic heterocycles. The van der Waals surface area contributed by atoms with Crippen LogP contribution in [0.15, 0.2) is 60.2 Å². The SMILES string of the molecule is CCC1=CC=CC(C=Cc2ccccc2)(CC)C1. The normalized spacial score (nSPS) is 23.3. The number of hydrogen-bond donors (Lipinski definition) is 0. The molecule has 0 amide bonds. The van der Waals surface area contributed by atoms with Crippen LogP contribution in [0, 0.1) is 5.41 Å². The van der Waals surface area contributed by atoms with Crippen LogP contribution in [-0.4, -0.2) is 0 Å². The predicted octanol–water partition coefficient (Wildman–Crippen LogP) is 5.39. The van der Waals surface area contributed by atoms with E-state index >= 15 is 0 Å². The lowest BCUT2D eigenvalue weighted by molar-refractivity contribution is 0.460. The number of benzene rings is 1. The second-order valence-electron chi connectivity index (χ2n) is 5.05. The highest BCUT2D eigenvalue weighted by Gasteiger charge is 2.24. The first kappa shape index (κ1) is 12.9. The number of hydrogen-bond acceptors (Lipinski definition) is 0. The van der Waals surface area contributed by atoms with Crippen molar-refractivity contribution in [1.29, 1.82) is 0 Å². The summed E-state index contributed by atoms with van der Waals surface area (Å²) in [4.78, 5) is 0. The fraction of sp³-hybridized carbons (Fsp3) is 0.333. The molecule has 0 radical (unpaired) electrons. The van der Waals surface area contributed by atoms with Gasteiger partial charge in [-0.05, 0) is 24.8 Å². The highest BCUT2D eigenvalue weighted by Crippen LogP contribution is 2.37. The fourth-order valence-corrected chi connectivity index (χ4v) is 2.46. The summed E-state index contributed by atoms with van der Waals surface area (Å²) in [5, 5.41) is 0. The molecule has 0 aromatic heterocycles. The second-order valence-corrected chi connectivity index (χ2v) is 5.05. The van der Waals surface area contributed by atoms with Crippen molar-refractivity contribution in [2.45, 2.75) is 33.1 Å². The van der Waals surface area contributed by atoms with E-state index in [0.29, 0.717) is 0 Å². The van der Waals surface area contributed by atoms with Gasteiger partial charge in [0.05, 0.1) is 0 Å². The van der Waals surface area contributed by atoms with Crippen molar-refractivity contribution >= 4 is 6.08 Å². The van der Waals surface area contributed by atoms with E-state index in [1.165, 1.54) is 12.0 Å². The first-order valence-corrected chi connectivity index (χ1v) is 6.89. The third kappa shape index (κ3) is 3.01. The summed E-state index contributed by atoms with van der Waals surface area (Å²) >= 11 is 0. The van der Waals surface area contributed by atoms with Crippen molar-refractivity contribution in [2.75, 3.05) is 0 Å². The van der Waals surface area contributed by atoms with Crippen LogP contribution < -0.4 is 0 Å². The van der Waals surface area contributed by atoms with Crippen molar-refractivity contribution < 1.29 is 0 Å². The van der Waals surface area contributed by atoms with Crippen LogP contribution in [0.3, 0.4) is 0 Å². The minimum atomic E-state index is 0.218. The van der Waals surface area contributed by atoms with Gasteiger partial charge >= 0.3 is 0 Å². The maximum Gasteiger partial charge on any atom is 0.0102 e. The molecule has 0 heteroatoms. The average molecular weight is 238 g/mol. The molecule has 0 saturated carbocycles. The summed E-state index contributed by atoms with van der Waals surface area (Å²) in [6.07, 6.45) is 15.0. The van der Waals surface area contributed by atoms with E-state index in [9.17, 15) is 0 Å². The van der Waals surface area contributed by atoms with Gasteiger partial charge in [-0.3, -0.25) is 0 Å². The summed E-state index contributed by atoms with van der Waals surface area (Å²) < 4.78 is 0. The Kier molecular flexibility index (Phi) is 4.19. The topological polar surface area (TPSA) is 0 Å². The monoisotopic (exact) mass is 238 g/mol. The summed E-state index contributed by atoms with van der Waals surface area (Å²) in [5.74, 6) is 0. The molecule has 94 valence electrons. The van der Waals surface area contributed by atoms with Crippen molar-refractivity contribution in [3.05, 3.63) is 65.8 Å². The number of rotatable bonds is 4. The first-order chi connectivity index (χ1) is 8.78. The minimum Gasteiger partial charge on any atom is -0.0742 e. The quantitative estimate of drug-likeness (QED) is 0.659. The summed E-state index contributed by atoms with van der Waals surface area (Å²) in [6.45, 7) is 4.52. The van der Waals surface area contributed by atoms with Crippen molar-refractivity contribution in [3.8, 4) is 0 Å². The zero-order valence-electron chi connectivity index (χ0n) is 11.4. The molecule has 1 aliphatic rings. The van der Waals surface area contributed by atoms with Gasteiger partial charge in [-0.1, -0.05) is 80.1 Å². The Hall–Kier alpha value is -1.56. The maximum absolute atomic E-state index is 2.38. The first-order valence-electron chi connectivity index (χ1n) is 6.89. The molecule has 1 aromatic carbocycles. The Morgan fingerprint density at radius 3 is 2.61 bits per heavy atom. The fourth-order valence-electron chi connectivity index (χ4n) is 2.46.